The number of thioether (sulfide) groups is 2. The molecule has 14 amide bonds. The van der Waals surface area contributed by atoms with Crippen molar-refractivity contribution in [3.63, 3.8) is 0 Å². The summed E-state index contributed by atoms with van der Waals surface area (Å²) in [5, 5.41) is 30.6. The van der Waals surface area contributed by atoms with Gasteiger partial charge in [-0.1, -0.05) is 118 Å². The number of amides is 14. The maximum absolute atomic E-state index is 14.6. The van der Waals surface area contributed by atoms with Crippen LogP contribution in [0.1, 0.15) is 87.5 Å². The van der Waals surface area contributed by atoms with Crippen molar-refractivity contribution in [2.75, 3.05) is 43.9 Å². The number of hydrogen-bond donors (Lipinski definition) is 16. The Morgan fingerprint density at radius 2 is 1.02 bits per heavy atom. The number of nitrogens with one attached hydrogen (secondary N) is 14. The summed E-state index contributed by atoms with van der Waals surface area (Å²) in [4.78, 5) is 210. The van der Waals surface area contributed by atoms with Crippen molar-refractivity contribution in [2.45, 2.75) is 128 Å². The monoisotopic (exact) mass is 1530 g/mol. The average molecular weight is 1540 g/mol. The summed E-state index contributed by atoms with van der Waals surface area (Å²) in [7, 11) is 0. The molecule has 0 unspecified atom stereocenters. The van der Waals surface area contributed by atoms with E-state index in [0.29, 0.717) is 39.0 Å². The third kappa shape index (κ3) is 29.7. The van der Waals surface area contributed by atoms with E-state index in [9.17, 15) is 71.9 Å². The number of aromatic amines is 2. The van der Waals surface area contributed by atoms with E-state index in [0.717, 1.165) is 11.8 Å². The van der Waals surface area contributed by atoms with Gasteiger partial charge >= 0.3 is 0 Å². The molecule has 35 heteroatoms. The number of H-pyrrole nitrogens is 2. The van der Waals surface area contributed by atoms with Crippen LogP contribution >= 0.6 is 23.5 Å². The standard InChI is InChI=1S/C67H89N17O15S2.Tc/c1-37(2)25-48(63(95)80-46(59(69)91)23-24-100-6)82-65(97)51(28-43-30-70-36-76-43)79-56(89)34-75-66(98)58(38(3)4)84-60(92)39(5)77-62(94)50(27-42-29-71-45-20-14-13-19-44(42)45)83-61(93)47(21-22-52(68)85)81-64(96)49(26-40-15-9-7-10-16-40)78-55(88)33-73-53(86)31-72-54(87)32-74-57(90)35-101-67(99)41-17-11-8-12-18-41;/h7-20,29-30,36-39,46-51,58,71H,21-28,31-35H2,1-6H3,(H2,68,85)(H2,69,91)(H,70,76)(H,72,87)(H,73,86)(H,74,90)(H,75,98)(H,77,94)(H,78,88)(H,79,89)(H,80,95)(H,81,96)(H,82,97)(H,83,93)(H,84,92);/t39-,46-,47-,48-,49+,50-,51-,58-;/m0./s1/i;1+1. The van der Waals surface area contributed by atoms with E-state index in [-0.39, 0.29) is 69.0 Å². The summed E-state index contributed by atoms with van der Waals surface area (Å²) in [5.41, 5.74) is 13.7. The van der Waals surface area contributed by atoms with Crippen molar-refractivity contribution in [3.8, 4) is 0 Å². The molecule has 2 aromatic heterocycles. The molecule has 2 heterocycles. The summed E-state index contributed by atoms with van der Waals surface area (Å²) in [5.74, 6) is -12.0. The zero-order valence-electron chi connectivity index (χ0n) is 57.2. The minimum Gasteiger partial charge on any atom is -0.370 e. The van der Waals surface area contributed by atoms with Gasteiger partial charge in [-0.15, -0.1) is 0 Å². The van der Waals surface area contributed by atoms with Crippen LogP contribution in [0.2, 0.25) is 0 Å². The van der Waals surface area contributed by atoms with Crippen molar-refractivity contribution in [3.05, 3.63) is 126 Å². The smallest absolute Gasteiger partial charge is 0.243 e. The fourth-order valence-corrected chi connectivity index (χ4v) is 11.1. The third-order valence-corrected chi connectivity index (χ3v) is 16.9. The Bertz CT molecular complexity index is 3700. The van der Waals surface area contributed by atoms with Crippen LogP contribution in [0, 0.1) is 11.8 Å². The van der Waals surface area contributed by atoms with Crippen LogP contribution in [0.25, 0.3) is 10.9 Å². The molecular weight excluding hydrogens is 1450 g/mol. The van der Waals surface area contributed by atoms with Gasteiger partial charge < -0.3 is 85.2 Å². The molecule has 0 fully saturated rings. The maximum Gasteiger partial charge on any atom is 0.243 e. The van der Waals surface area contributed by atoms with Crippen LogP contribution in [0.3, 0.4) is 0 Å². The number of hydrogen-bond acceptors (Lipinski definition) is 18. The molecule has 5 rings (SSSR count). The zero-order valence-corrected chi connectivity index (χ0v) is 60.7. The zero-order chi connectivity index (χ0) is 74.1. The first-order valence-electron chi connectivity index (χ1n) is 32.4. The molecule has 102 heavy (non-hydrogen) atoms. The molecular formula is C67H89N17O15S2Tc. The van der Waals surface area contributed by atoms with Crippen molar-refractivity contribution < 1.29 is 92.0 Å². The Morgan fingerprint density at radius 3 is 1.61 bits per heavy atom. The van der Waals surface area contributed by atoms with Crippen LogP contribution in [-0.4, -0.2) is 195 Å². The summed E-state index contributed by atoms with van der Waals surface area (Å²) < 4.78 is 0. The van der Waals surface area contributed by atoms with Gasteiger partial charge in [0.25, 0.3) is 0 Å². The van der Waals surface area contributed by atoms with Gasteiger partial charge in [0.1, 0.15) is 48.3 Å². The van der Waals surface area contributed by atoms with Gasteiger partial charge in [0, 0.05) is 80.3 Å². The number of carbonyl (C=O) groups excluding carboxylic acids is 15. The number of aromatic nitrogens is 3. The second kappa shape index (κ2) is 43.6. The van der Waals surface area contributed by atoms with Crippen LogP contribution in [0.5, 0.6) is 0 Å². The molecule has 0 spiro atoms. The van der Waals surface area contributed by atoms with E-state index < -0.39 is 176 Å². The van der Waals surface area contributed by atoms with Gasteiger partial charge in [-0.3, -0.25) is 71.9 Å². The first kappa shape index (κ1) is 84.4. The fourth-order valence-electron chi connectivity index (χ4n) is 9.95. The van der Waals surface area contributed by atoms with Crippen LogP contribution in [0.4, 0.5) is 0 Å². The van der Waals surface area contributed by atoms with Gasteiger partial charge in [0.05, 0.1) is 38.3 Å². The average Bonchev–Trinajstić information content (AvgIpc) is 1.64. The normalized spacial score (nSPS) is 13.3. The number of rotatable bonds is 42. The first-order chi connectivity index (χ1) is 48.1. The van der Waals surface area contributed by atoms with Gasteiger partial charge in [0.2, 0.25) is 87.8 Å². The molecule has 0 aliphatic carbocycles. The summed E-state index contributed by atoms with van der Waals surface area (Å²) in [6.45, 7) is 5.66. The van der Waals surface area contributed by atoms with E-state index in [4.69, 9.17) is 11.5 Å². The third-order valence-electron chi connectivity index (χ3n) is 15.3. The van der Waals surface area contributed by atoms with Gasteiger partial charge in [-0.05, 0) is 67.2 Å². The molecule has 18 N–H and O–H groups in total. The molecule has 5 aromatic rings. The van der Waals surface area contributed by atoms with E-state index in [2.05, 4.69) is 78.8 Å². The minimum atomic E-state index is -1.60. The van der Waals surface area contributed by atoms with Gasteiger partial charge in [-0.25, -0.2) is 4.98 Å². The Labute approximate surface area is 610 Å². The maximum atomic E-state index is 14.6. The summed E-state index contributed by atoms with van der Waals surface area (Å²) in [6.07, 6.45) is 5.29. The van der Waals surface area contributed by atoms with E-state index in [1.807, 2.05) is 20.1 Å². The number of imidazole rings is 1. The molecule has 3 aromatic carbocycles. The summed E-state index contributed by atoms with van der Waals surface area (Å²) >= 11 is 2.19. The number of primary amides is 2. The first-order valence-corrected chi connectivity index (χ1v) is 34.8. The van der Waals surface area contributed by atoms with E-state index in [1.54, 1.807) is 105 Å². The van der Waals surface area contributed by atoms with Crippen LogP contribution in [0.15, 0.2) is 104 Å². The Morgan fingerprint density at radius 1 is 0.500 bits per heavy atom. The van der Waals surface area contributed by atoms with Crippen molar-refractivity contribution in [1.29, 1.82) is 0 Å². The Hall–Kier alpha value is -9.99. The summed E-state index contributed by atoms with van der Waals surface area (Å²) in [6, 6.07) is 13.0. The molecule has 0 aliphatic rings. The Kier molecular flexibility index (Phi) is 36.1. The van der Waals surface area contributed by atoms with E-state index >= 15 is 0 Å². The SMILES string of the molecule is CSCC[C@H](NC(=O)[C@H](CC(C)C)NC(=O)[C@H](Cc1cnc[nH]1)NC(=O)CNC(=O)[C@@H](NC(=O)[C@H](C)NC(=O)[C@H](Cc1c[nH]c2ccccc12)NC(=O)[C@H](CCC(N)=O)NC(=O)[C@@H](Cc1ccccc1)NC(=O)CNC(=O)CNC(=O)CNC(=O)CSC(=O)c1ccccc1)C(C)C)C(N)=O.[99Tc]. The molecule has 0 saturated heterocycles. The number of benzene rings is 3. The fraction of sp³-hybridized carbons (Fsp3) is 0.433. The Balaban J connectivity index is 0.0000220. The molecule has 1 radical (unpaired) electrons. The minimum absolute atomic E-state index is 0. The molecule has 0 aliphatic heterocycles. The van der Waals surface area contributed by atoms with Crippen LogP contribution < -0.4 is 75.3 Å². The largest absolute Gasteiger partial charge is 0.370 e. The number of fused-ring (bicyclic) bond motifs is 1. The van der Waals surface area contributed by atoms with Crippen LogP contribution in [-0.2, 0) is 106 Å². The number of carbonyl (C=O) groups is 15. The van der Waals surface area contributed by atoms with Crippen molar-refractivity contribution in [1.82, 2.24) is 78.8 Å². The second-order valence-electron chi connectivity index (χ2n) is 24.3. The predicted molar refractivity (Wildman–Crippen MR) is 376 cm³/mol. The molecule has 0 bridgehead atoms. The van der Waals surface area contributed by atoms with Gasteiger partial charge in [0.15, 0.2) is 0 Å². The second-order valence-corrected chi connectivity index (χ2v) is 26.2. The molecule has 0 saturated carbocycles. The predicted octanol–water partition coefficient (Wildman–Crippen LogP) is -1.94. The topological polar surface area (TPSA) is 497 Å². The quantitative estimate of drug-likeness (QED) is 0.0202. The van der Waals surface area contributed by atoms with Gasteiger partial charge in [-0.2, -0.15) is 11.8 Å². The van der Waals surface area contributed by atoms with Crippen molar-refractivity contribution >= 4 is 122 Å². The number of nitrogens with zero attached hydrogens (tertiary/aromatic N) is 1. The van der Waals surface area contributed by atoms with Crippen molar-refractivity contribution in [2.24, 2.45) is 23.3 Å². The van der Waals surface area contributed by atoms with E-state index in [1.165, 1.54) is 31.2 Å². The number of para-hydroxylation sites is 1. The molecule has 32 nitrogen and oxygen atoms in total. The number of nitrogens with two attached hydrogens (primary N) is 2. The molecule has 551 valence electrons. The molecule has 8 atom stereocenters.